The first-order chi connectivity index (χ1) is 18.3. The van der Waals surface area contributed by atoms with Crippen LogP contribution in [0.4, 0.5) is 10.1 Å². The Morgan fingerprint density at radius 1 is 0.789 bits per heavy atom. The van der Waals surface area contributed by atoms with E-state index in [2.05, 4.69) is 0 Å². The summed E-state index contributed by atoms with van der Waals surface area (Å²) in [6.07, 6.45) is 0. The Labute approximate surface area is 220 Å². The summed E-state index contributed by atoms with van der Waals surface area (Å²) in [4.78, 5) is 12.5. The van der Waals surface area contributed by atoms with Crippen molar-refractivity contribution in [3.05, 3.63) is 131 Å². The summed E-state index contributed by atoms with van der Waals surface area (Å²) in [5.74, 6) is -1.49. The standard InChI is InChI=1S/C29H26FNO6S/c30-28-24(18-32)14-26(15-25(28)19-33)31(17-21-8-3-1-4-9-21)38(35,36)27-13-7-12-23(16-27)29(34)37-20-22-10-5-2-6-11-22/h1-16,32-33H,17-20H2. The Morgan fingerprint density at radius 3 is 1.95 bits per heavy atom. The van der Waals surface area contributed by atoms with E-state index in [4.69, 9.17) is 4.74 Å². The lowest BCUT2D eigenvalue weighted by Crippen LogP contribution is -2.31. The van der Waals surface area contributed by atoms with E-state index in [-0.39, 0.29) is 40.4 Å². The number of carbonyl (C=O) groups excluding carboxylic acids is 1. The number of rotatable bonds is 10. The number of anilines is 1. The number of aliphatic hydroxyl groups excluding tert-OH is 2. The van der Waals surface area contributed by atoms with Gasteiger partial charge >= 0.3 is 5.97 Å². The van der Waals surface area contributed by atoms with E-state index in [1.54, 1.807) is 42.5 Å². The zero-order valence-corrected chi connectivity index (χ0v) is 21.1. The highest BCUT2D eigenvalue weighted by molar-refractivity contribution is 7.92. The zero-order valence-electron chi connectivity index (χ0n) is 20.3. The van der Waals surface area contributed by atoms with Crippen molar-refractivity contribution in [2.24, 2.45) is 0 Å². The topological polar surface area (TPSA) is 104 Å². The molecule has 0 spiro atoms. The zero-order chi connectivity index (χ0) is 27.1. The summed E-state index contributed by atoms with van der Waals surface area (Å²) in [7, 11) is -4.30. The minimum Gasteiger partial charge on any atom is -0.457 e. The second kappa shape index (κ2) is 12.0. The molecule has 0 aromatic heterocycles. The molecule has 4 aromatic carbocycles. The number of aliphatic hydroxyl groups is 2. The van der Waals surface area contributed by atoms with E-state index in [1.165, 1.54) is 36.4 Å². The van der Waals surface area contributed by atoms with Crippen molar-refractivity contribution in [1.29, 1.82) is 0 Å². The van der Waals surface area contributed by atoms with Gasteiger partial charge in [-0.25, -0.2) is 17.6 Å². The molecule has 0 aliphatic heterocycles. The van der Waals surface area contributed by atoms with Crippen LogP contribution in [-0.2, 0) is 41.1 Å². The highest BCUT2D eigenvalue weighted by Crippen LogP contribution is 2.30. The number of nitrogens with zero attached hydrogens (tertiary/aromatic N) is 1. The van der Waals surface area contributed by atoms with Crippen LogP contribution >= 0.6 is 0 Å². The van der Waals surface area contributed by atoms with Crippen molar-refractivity contribution in [2.75, 3.05) is 4.31 Å². The van der Waals surface area contributed by atoms with Gasteiger partial charge < -0.3 is 14.9 Å². The number of ether oxygens (including phenoxy) is 1. The van der Waals surface area contributed by atoms with Gasteiger partial charge in [-0.15, -0.1) is 0 Å². The van der Waals surface area contributed by atoms with Crippen LogP contribution in [0, 0.1) is 5.82 Å². The summed E-state index contributed by atoms with van der Waals surface area (Å²) in [5, 5.41) is 19.3. The van der Waals surface area contributed by atoms with Crippen LogP contribution in [0.2, 0.25) is 0 Å². The fraction of sp³-hybridized carbons (Fsp3) is 0.138. The third kappa shape index (κ3) is 6.08. The normalized spacial score (nSPS) is 11.2. The van der Waals surface area contributed by atoms with Gasteiger partial charge in [-0.2, -0.15) is 0 Å². The summed E-state index contributed by atoms with van der Waals surface area (Å²) in [5.41, 5.74) is 1.23. The maximum absolute atomic E-state index is 14.6. The van der Waals surface area contributed by atoms with Gasteiger partial charge in [0.2, 0.25) is 0 Å². The third-order valence-electron chi connectivity index (χ3n) is 5.88. The Balaban J connectivity index is 1.72. The molecule has 7 nitrogen and oxygen atoms in total. The molecule has 0 saturated heterocycles. The smallest absolute Gasteiger partial charge is 0.338 e. The number of hydrogen-bond donors (Lipinski definition) is 2. The second-order valence-corrected chi connectivity index (χ2v) is 10.3. The summed E-state index contributed by atoms with van der Waals surface area (Å²) in [6, 6.07) is 25.8. The largest absolute Gasteiger partial charge is 0.457 e. The maximum Gasteiger partial charge on any atom is 0.338 e. The van der Waals surface area contributed by atoms with E-state index in [0.717, 1.165) is 9.87 Å². The van der Waals surface area contributed by atoms with Crippen molar-refractivity contribution < 1.29 is 32.6 Å². The molecular weight excluding hydrogens is 509 g/mol. The van der Waals surface area contributed by atoms with Crippen LogP contribution < -0.4 is 4.31 Å². The first-order valence-electron chi connectivity index (χ1n) is 11.7. The highest BCUT2D eigenvalue weighted by atomic mass is 32.2. The molecule has 196 valence electrons. The molecule has 4 rings (SSSR count). The molecule has 0 bridgehead atoms. The Hall–Kier alpha value is -4.05. The monoisotopic (exact) mass is 535 g/mol. The van der Waals surface area contributed by atoms with Gasteiger partial charge in [0.15, 0.2) is 0 Å². The molecule has 0 fully saturated rings. The van der Waals surface area contributed by atoms with Crippen molar-refractivity contribution in [3.63, 3.8) is 0 Å². The summed E-state index contributed by atoms with van der Waals surface area (Å²) < 4.78 is 48.8. The van der Waals surface area contributed by atoms with Crippen molar-refractivity contribution in [1.82, 2.24) is 0 Å². The van der Waals surface area contributed by atoms with Crippen LogP contribution in [0.1, 0.15) is 32.6 Å². The van der Waals surface area contributed by atoms with Gasteiger partial charge in [0, 0.05) is 11.1 Å². The minimum absolute atomic E-state index is 0.0280. The Morgan fingerprint density at radius 2 is 1.37 bits per heavy atom. The fourth-order valence-electron chi connectivity index (χ4n) is 3.89. The van der Waals surface area contributed by atoms with E-state index in [0.29, 0.717) is 5.56 Å². The average Bonchev–Trinajstić information content (AvgIpc) is 2.96. The quantitative estimate of drug-likeness (QED) is 0.289. The number of halogens is 1. The predicted molar refractivity (Wildman–Crippen MR) is 140 cm³/mol. The lowest BCUT2D eigenvalue weighted by molar-refractivity contribution is 0.0472. The van der Waals surface area contributed by atoms with Crippen molar-refractivity contribution in [2.45, 2.75) is 31.3 Å². The van der Waals surface area contributed by atoms with Gasteiger partial charge in [-0.1, -0.05) is 66.7 Å². The molecular formula is C29H26FNO6S. The summed E-state index contributed by atoms with van der Waals surface area (Å²) in [6.45, 7) is -1.46. The molecule has 4 aromatic rings. The average molecular weight is 536 g/mol. The molecule has 2 N–H and O–H groups in total. The summed E-state index contributed by atoms with van der Waals surface area (Å²) >= 11 is 0. The molecule has 0 aliphatic rings. The van der Waals surface area contributed by atoms with Crippen molar-refractivity contribution >= 4 is 21.7 Å². The minimum atomic E-state index is -4.30. The van der Waals surface area contributed by atoms with Gasteiger partial charge in [0.1, 0.15) is 12.4 Å². The number of carbonyl (C=O) groups is 1. The van der Waals surface area contributed by atoms with Crippen LogP contribution in [0.3, 0.4) is 0 Å². The molecule has 38 heavy (non-hydrogen) atoms. The van der Waals surface area contributed by atoms with E-state index in [1.807, 2.05) is 18.2 Å². The first kappa shape index (κ1) is 27.0. The molecule has 0 radical (unpaired) electrons. The van der Waals surface area contributed by atoms with Gasteiger partial charge in [-0.05, 0) is 41.5 Å². The Bertz CT molecular complexity index is 1490. The van der Waals surface area contributed by atoms with Gasteiger partial charge in [0.25, 0.3) is 10.0 Å². The SMILES string of the molecule is O=C(OCc1ccccc1)c1cccc(S(=O)(=O)N(Cc2ccccc2)c2cc(CO)c(F)c(CO)c2)c1. The molecule has 0 saturated carbocycles. The van der Waals surface area contributed by atoms with Crippen LogP contribution in [-0.4, -0.2) is 24.6 Å². The number of esters is 1. The molecule has 0 amide bonds. The van der Waals surface area contributed by atoms with Gasteiger partial charge in [-0.3, -0.25) is 4.31 Å². The first-order valence-corrected chi connectivity index (χ1v) is 13.2. The van der Waals surface area contributed by atoms with E-state index >= 15 is 0 Å². The number of sulfonamides is 1. The van der Waals surface area contributed by atoms with Gasteiger partial charge in [0.05, 0.1) is 35.9 Å². The number of hydrogen-bond acceptors (Lipinski definition) is 6. The number of benzene rings is 4. The highest BCUT2D eigenvalue weighted by Gasteiger charge is 2.28. The lowest BCUT2D eigenvalue weighted by Gasteiger charge is -2.26. The second-order valence-electron chi connectivity index (χ2n) is 8.48. The lowest BCUT2D eigenvalue weighted by atomic mass is 10.1. The molecule has 0 atom stereocenters. The van der Waals surface area contributed by atoms with E-state index in [9.17, 15) is 27.8 Å². The van der Waals surface area contributed by atoms with E-state index < -0.39 is 35.0 Å². The molecule has 9 heteroatoms. The Kier molecular flexibility index (Phi) is 8.52. The van der Waals surface area contributed by atoms with Crippen molar-refractivity contribution in [3.8, 4) is 0 Å². The van der Waals surface area contributed by atoms with Crippen LogP contribution in [0.25, 0.3) is 0 Å². The molecule has 0 heterocycles. The predicted octanol–water partition coefficient (Wildman–Crippen LogP) is 4.56. The molecule has 0 aliphatic carbocycles. The molecule has 0 unspecified atom stereocenters. The fourth-order valence-corrected chi connectivity index (χ4v) is 5.37. The van der Waals surface area contributed by atoms with Crippen LogP contribution in [0.5, 0.6) is 0 Å². The maximum atomic E-state index is 14.6. The third-order valence-corrected chi connectivity index (χ3v) is 7.65. The van der Waals surface area contributed by atoms with Crippen LogP contribution in [0.15, 0.2) is 102 Å².